The molecule has 0 aliphatic heterocycles. The molecule has 0 saturated heterocycles. The number of alkyl halides is 3. The second-order valence-electron chi connectivity index (χ2n) is 9.20. The van der Waals surface area contributed by atoms with Crippen LogP contribution in [0.2, 0.25) is 10.0 Å². The zero-order chi connectivity index (χ0) is 29.5. The van der Waals surface area contributed by atoms with Crippen molar-refractivity contribution in [1.82, 2.24) is 10.2 Å². The number of nitrogens with zero attached hydrogens (tertiary/aromatic N) is 2. The summed E-state index contributed by atoms with van der Waals surface area (Å²) in [4.78, 5) is 27.6. The minimum atomic E-state index is -4.65. The molecule has 2 aromatic carbocycles. The Balaban J connectivity index is 2.27. The van der Waals surface area contributed by atoms with Gasteiger partial charge in [-0.15, -0.1) is 0 Å². The average Bonchev–Trinajstić information content (AvgIpc) is 2.84. The largest absolute Gasteiger partial charge is 0.416 e. The summed E-state index contributed by atoms with van der Waals surface area (Å²) >= 11 is 12.6. The first-order valence-electron chi connectivity index (χ1n) is 12.2. The van der Waals surface area contributed by atoms with Gasteiger partial charge in [0.15, 0.2) is 0 Å². The molecule has 1 N–H and O–H groups in total. The van der Waals surface area contributed by atoms with Crippen molar-refractivity contribution in [3.63, 3.8) is 0 Å². The summed E-state index contributed by atoms with van der Waals surface area (Å²) < 4.78 is 65.2. The molecule has 0 saturated carbocycles. The van der Waals surface area contributed by atoms with Crippen molar-refractivity contribution in [2.45, 2.75) is 64.8 Å². The van der Waals surface area contributed by atoms with Crippen molar-refractivity contribution in [2.24, 2.45) is 0 Å². The number of halogens is 5. The molecule has 0 aromatic heterocycles. The lowest BCUT2D eigenvalue weighted by molar-refractivity contribution is -0.140. The van der Waals surface area contributed by atoms with Gasteiger partial charge in [-0.25, -0.2) is 8.42 Å². The van der Waals surface area contributed by atoms with Gasteiger partial charge in [0.05, 0.1) is 17.5 Å². The number of carbonyl (C=O) groups is 2. The second-order valence-corrected chi connectivity index (χ2v) is 11.9. The quantitative estimate of drug-likeness (QED) is 0.325. The number of hydrogen-bond donors (Lipinski definition) is 1. The van der Waals surface area contributed by atoms with Crippen molar-refractivity contribution >= 4 is 50.7 Å². The summed E-state index contributed by atoms with van der Waals surface area (Å²) in [5, 5.41) is 3.45. The molecule has 2 rings (SSSR count). The van der Waals surface area contributed by atoms with E-state index in [9.17, 15) is 31.2 Å². The third-order valence-electron chi connectivity index (χ3n) is 6.17. The molecular formula is C26H32Cl2F3N3O4S. The summed E-state index contributed by atoms with van der Waals surface area (Å²) in [6.45, 7) is 4.97. The summed E-state index contributed by atoms with van der Waals surface area (Å²) in [5.41, 5.74) is -0.714. The maximum absolute atomic E-state index is 13.4. The van der Waals surface area contributed by atoms with Crippen LogP contribution >= 0.6 is 23.2 Å². The lowest BCUT2D eigenvalue weighted by Gasteiger charge is -2.30. The summed E-state index contributed by atoms with van der Waals surface area (Å²) in [6, 6.07) is 7.78. The number of carbonyl (C=O) groups excluding carboxylic acids is 2. The van der Waals surface area contributed by atoms with Gasteiger partial charge < -0.3 is 10.2 Å². The van der Waals surface area contributed by atoms with E-state index >= 15 is 0 Å². The molecule has 0 unspecified atom stereocenters. The number of nitrogens with one attached hydrogen (secondary N) is 1. The van der Waals surface area contributed by atoms with E-state index in [1.807, 2.05) is 13.8 Å². The average molecular weight is 611 g/mol. The van der Waals surface area contributed by atoms with Crippen LogP contribution in [0.15, 0.2) is 42.5 Å². The van der Waals surface area contributed by atoms with E-state index in [-0.39, 0.29) is 43.6 Å². The maximum Gasteiger partial charge on any atom is 0.416 e. The first kappa shape index (κ1) is 32.7. The Morgan fingerprint density at radius 3 is 2.18 bits per heavy atom. The normalized spacial score (nSPS) is 13.5. The van der Waals surface area contributed by atoms with E-state index in [0.717, 1.165) is 28.8 Å². The highest BCUT2D eigenvalue weighted by Crippen LogP contribution is 2.32. The first-order chi connectivity index (χ1) is 18.1. The summed E-state index contributed by atoms with van der Waals surface area (Å²) in [6.07, 6.45) is -3.30. The number of rotatable bonds is 12. The Morgan fingerprint density at radius 1 is 1.05 bits per heavy atom. The predicted molar refractivity (Wildman–Crippen MR) is 147 cm³/mol. The van der Waals surface area contributed by atoms with Gasteiger partial charge in [0.1, 0.15) is 6.04 Å². The minimum Gasteiger partial charge on any atom is -0.352 e. The van der Waals surface area contributed by atoms with Crippen LogP contribution in [-0.4, -0.2) is 50.0 Å². The monoisotopic (exact) mass is 609 g/mol. The SMILES string of the molecule is CC[C@H](C)NC(=O)[C@H](C)N(Cc1c(Cl)cccc1Cl)C(=O)CCCN(c1cccc(C(F)(F)F)c1)S(C)(=O)=O. The van der Waals surface area contributed by atoms with Crippen LogP contribution < -0.4 is 9.62 Å². The number of benzene rings is 2. The van der Waals surface area contributed by atoms with Crippen LogP contribution in [0.3, 0.4) is 0 Å². The molecule has 0 radical (unpaired) electrons. The predicted octanol–water partition coefficient (Wildman–Crippen LogP) is 5.89. The fourth-order valence-electron chi connectivity index (χ4n) is 3.74. The highest BCUT2D eigenvalue weighted by atomic mass is 35.5. The van der Waals surface area contributed by atoms with E-state index in [1.165, 1.54) is 11.0 Å². The molecular weight excluding hydrogens is 578 g/mol. The Hall–Kier alpha value is -2.50. The highest BCUT2D eigenvalue weighted by molar-refractivity contribution is 7.92. The minimum absolute atomic E-state index is 0.0192. The number of hydrogen-bond acceptors (Lipinski definition) is 4. The van der Waals surface area contributed by atoms with Gasteiger partial charge in [-0.1, -0.05) is 42.3 Å². The van der Waals surface area contributed by atoms with Crippen LogP contribution in [0.4, 0.5) is 18.9 Å². The molecule has 0 aliphatic carbocycles. The zero-order valence-electron chi connectivity index (χ0n) is 22.1. The molecule has 216 valence electrons. The molecule has 7 nitrogen and oxygen atoms in total. The van der Waals surface area contributed by atoms with Gasteiger partial charge in [0.25, 0.3) is 0 Å². The second kappa shape index (κ2) is 13.7. The third-order valence-corrected chi connectivity index (χ3v) is 8.07. The molecule has 0 fully saturated rings. The van der Waals surface area contributed by atoms with E-state index in [1.54, 1.807) is 25.1 Å². The van der Waals surface area contributed by atoms with Crippen molar-refractivity contribution in [1.29, 1.82) is 0 Å². The van der Waals surface area contributed by atoms with Crippen LogP contribution in [0.1, 0.15) is 51.2 Å². The van der Waals surface area contributed by atoms with Crippen molar-refractivity contribution in [3.05, 3.63) is 63.6 Å². The van der Waals surface area contributed by atoms with Crippen LogP contribution in [-0.2, 0) is 32.3 Å². The molecule has 0 heterocycles. The van der Waals surface area contributed by atoms with E-state index < -0.39 is 33.7 Å². The molecule has 0 aliphatic rings. The van der Waals surface area contributed by atoms with Crippen molar-refractivity contribution in [3.8, 4) is 0 Å². The van der Waals surface area contributed by atoms with Crippen molar-refractivity contribution < 1.29 is 31.2 Å². The van der Waals surface area contributed by atoms with Gasteiger partial charge >= 0.3 is 6.18 Å². The Morgan fingerprint density at radius 2 is 1.64 bits per heavy atom. The standard InChI is InChI=1S/C26H32Cl2F3N3O4S/c1-5-17(2)32-25(36)18(3)33(16-21-22(27)11-7-12-23(21)28)24(35)13-8-14-34(39(4,37)38)20-10-6-9-19(15-20)26(29,30)31/h6-7,9-12,15,17-18H,5,8,13-14,16H2,1-4H3,(H,32,36)/t17-,18-/m0/s1. The molecule has 2 atom stereocenters. The molecule has 2 aromatic rings. The number of sulfonamides is 1. The van der Waals surface area contributed by atoms with E-state index in [2.05, 4.69) is 5.32 Å². The summed E-state index contributed by atoms with van der Waals surface area (Å²) in [7, 11) is -3.96. The smallest absolute Gasteiger partial charge is 0.352 e. The fourth-order valence-corrected chi connectivity index (χ4v) is 5.22. The van der Waals surface area contributed by atoms with E-state index in [0.29, 0.717) is 22.0 Å². The molecule has 39 heavy (non-hydrogen) atoms. The van der Waals surface area contributed by atoms with Gasteiger partial charge in [-0.3, -0.25) is 13.9 Å². The third kappa shape index (κ3) is 9.29. The van der Waals surface area contributed by atoms with E-state index in [4.69, 9.17) is 23.2 Å². The fraction of sp³-hybridized carbons (Fsp3) is 0.462. The van der Waals surface area contributed by atoms with Crippen LogP contribution in [0.5, 0.6) is 0 Å². The lowest BCUT2D eigenvalue weighted by Crippen LogP contribution is -2.49. The number of anilines is 1. The van der Waals surface area contributed by atoms with Crippen LogP contribution in [0, 0.1) is 0 Å². The lowest BCUT2D eigenvalue weighted by atomic mass is 10.1. The molecule has 2 amide bonds. The highest BCUT2D eigenvalue weighted by Gasteiger charge is 2.32. The van der Waals surface area contributed by atoms with Gasteiger partial charge in [-0.2, -0.15) is 13.2 Å². The van der Waals surface area contributed by atoms with Gasteiger partial charge in [0.2, 0.25) is 21.8 Å². The van der Waals surface area contributed by atoms with Gasteiger partial charge in [0, 0.05) is 41.2 Å². The van der Waals surface area contributed by atoms with Gasteiger partial charge in [-0.05, 0) is 57.0 Å². The topological polar surface area (TPSA) is 86.8 Å². The molecule has 13 heteroatoms. The Kier molecular flexibility index (Phi) is 11.5. The zero-order valence-corrected chi connectivity index (χ0v) is 24.4. The Labute approximate surface area is 237 Å². The maximum atomic E-state index is 13.4. The molecule has 0 spiro atoms. The summed E-state index contributed by atoms with van der Waals surface area (Å²) in [5.74, 6) is -0.863. The number of amides is 2. The molecule has 0 bridgehead atoms. The van der Waals surface area contributed by atoms with Crippen molar-refractivity contribution in [2.75, 3.05) is 17.1 Å². The van der Waals surface area contributed by atoms with Crippen LogP contribution in [0.25, 0.3) is 0 Å². The first-order valence-corrected chi connectivity index (χ1v) is 14.8. The Bertz CT molecular complexity index is 1260.